The molecule has 52 valence electrons. The molecule has 0 amide bonds. The third kappa shape index (κ3) is 1.19. The Morgan fingerprint density at radius 2 is 2.44 bits per heavy atom. The number of hydrogen-bond acceptors (Lipinski definition) is 3. The van der Waals surface area contributed by atoms with E-state index in [1.807, 2.05) is 0 Å². The van der Waals surface area contributed by atoms with E-state index >= 15 is 0 Å². The molecule has 0 bridgehead atoms. The van der Waals surface area contributed by atoms with E-state index < -0.39 is 11.5 Å². The summed E-state index contributed by atoms with van der Waals surface area (Å²) < 4.78 is 0. The molecule has 0 aromatic carbocycles. The van der Waals surface area contributed by atoms with Gasteiger partial charge in [-0.15, -0.1) is 0 Å². The molecular weight excluding hydrogens is 138 g/mol. The fourth-order valence-corrected chi connectivity index (χ4v) is 2.10. The van der Waals surface area contributed by atoms with Gasteiger partial charge in [-0.1, -0.05) is 0 Å². The van der Waals surface area contributed by atoms with E-state index in [1.54, 1.807) is 11.8 Å². The van der Waals surface area contributed by atoms with Gasteiger partial charge >= 0.3 is 0 Å². The number of carbonyl (C=O) groups is 1. The van der Waals surface area contributed by atoms with Crippen LogP contribution < -0.4 is 10.8 Å². The van der Waals surface area contributed by atoms with Gasteiger partial charge in [-0.3, -0.25) is 0 Å². The van der Waals surface area contributed by atoms with Crippen molar-refractivity contribution in [1.82, 2.24) is 0 Å². The molecule has 0 aromatic rings. The van der Waals surface area contributed by atoms with Crippen LogP contribution in [0.1, 0.15) is 6.42 Å². The van der Waals surface area contributed by atoms with Crippen LogP contribution in [0.5, 0.6) is 0 Å². The van der Waals surface area contributed by atoms with Gasteiger partial charge in [-0.2, -0.15) is 11.8 Å². The van der Waals surface area contributed by atoms with Crippen LogP contribution in [0.25, 0.3) is 0 Å². The summed E-state index contributed by atoms with van der Waals surface area (Å²) in [5.74, 6) is 0.500. The van der Waals surface area contributed by atoms with Crippen LogP contribution in [-0.4, -0.2) is 23.0 Å². The molecule has 1 atom stereocenters. The van der Waals surface area contributed by atoms with Crippen LogP contribution in [0.2, 0.25) is 0 Å². The van der Waals surface area contributed by atoms with Gasteiger partial charge in [0.2, 0.25) is 0 Å². The average Bonchev–Trinajstić information content (AvgIpc) is 2.16. The lowest BCUT2D eigenvalue weighted by Gasteiger charge is -2.18. The van der Waals surface area contributed by atoms with Crippen LogP contribution in [0.3, 0.4) is 0 Å². The zero-order valence-corrected chi connectivity index (χ0v) is 5.87. The summed E-state index contributed by atoms with van der Waals surface area (Å²) in [4.78, 5) is 10.3. The summed E-state index contributed by atoms with van der Waals surface area (Å²) in [6.45, 7) is 0. The lowest BCUT2D eigenvalue weighted by molar-refractivity contribution is -0.478. The minimum Gasteiger partial charge on any atom is -0.544 e. The van der Waals surface area contributed by atoms with Crippen LogP contribution in [0, 0.1) is 0 Å². The quantitative estimate of drug-likeness (QED) is 0.460. The predicted octanol–water partition coefficient (Wildman–Crippen LogP) is -2.15. The lowest BCUT2D eigenvalue weighted by Crippen LogP contribution is -2.79. The van der Waals surface area contributed by atoms with Crippen molar-refractivity contribution in [3.05, 3.63) is 0 Å². The highest BCUT2D eigenvalue weighted by atomic mass is 32.2. The SMILES string of the molecule is [NH3+][C@@]1(C(=O)[O-])CCSC1. The minimum atomic E-state index is -1.01. The highest BCUT2D eigenvalue weighted by Crippen LogP contribution is 2.22. The number of quaternary nitrogens is 1. The second kappa shape index (κ2) is 2.19. The first-order chi connectivity index (χ1) is 4.15. The molecule has 3 N–H and O–H groups in total. The Morgan fingerprint density at radius 1 is 1.78 bits per heavy atom. The Hall–Kier alpha value is -0.220. The van der Waals surface area contributed by atoms with Gasteiger partial charge in [0.1, 0.15) is 11.5 Å². The lowest BCUT2D eigenvalue weighted by atomic mass is 10.0. The van der Waals surface area contributed by atoms with Gasteiger partial charge in [0.15, 0.2) is 0 Å². The highest BCUT2D eigenvalue weighted by Gasteiger charge is 2.35. The summed E-state index contributed by atoms with van der Waals surface area (Å²) in [6.07, 6.45) is 0.653. The number of rotatable bonds is 1. The maximum absolute atomic E-state index is 10.3. The van der Waals surface area contributed by atoms with Crippen LogP contribution in [0.15, 0.2) is 0 Å². The zero-order chi connectivity index (χ0) is 6.91. The monoisotopic (exact) mass is 147 g/mol. The molecule has 0 aromatic heterocycles. The molecule has 0 spiro atoms. The van der Waals surface area contributed by atoms with Gasteiger partial charge in [-0.25, -0.2) is 0 Å². The number of thioether (sulfide) groups is 1. The molecule has 0 saturated carbocycles. The summed E-state index contributed by atoms with van der Waals surface area (Å²) in [5.41, 5.74) is 2.80. The van der Waals surface area contributed by atoms with Crippen molar-refractivity contribution in [2.24, 2.45) is 0 Å². The van der Waals surface area contributed by atoms with Crippen LogP contribution >= 0.6 is 11.8 Å². The summed E-state index contributed by atoms with van der Waals surface area (Å²) >= 11 is 1.63. The first-order valence-corrected chi connectivity index (χ1v) is 3.95. The molecule has 1 fully saturated rings. The molecule has 9 heavy (non-hydrogen) atoms. The molecule has 1 saturated heterocycles. The Kier molecular flexibility index (Phi) is 1.68. The normalized spacial score (nSPS) is 34.8. The Bertz CT molecular complexity index is 131. The molecule has 1 aliphatic heterocycles. The molecule has 4 heteroatoms. The number of carbonyl (C=O) groups excluding carboxylic acids is 1. The minimum absolute atomic E-state index is 0.606. The fraction of sp³-hybridized carbons (Fsp3) is 0.800. The smallest absolute Gasteiger partial charge is 0.144 e. The van der Waals surface area contributed by atoms with Crippen LogP contribution in [0.4, 0.5) is 0 Å². The second-order valence-electron chi connectivity index (χ2n) is 2.37. The Balaban J connectivity index is 2.61. The second-order valence-corrected chi connectivity index (χ2v) is 3.48. The van der Waals surface area contributed by atoms with E-state index in [0.717, 1.165) is 5.75 Å². The van der Waals surface area contributed by atoms with Crippen molar-refractivity contribution in [3.63, 3.8) is 0 Å². The molecule has 1 heterocycles. The van der Waals surface area contributed by atoms with Crippen molar-refractivity contribution in [1.29, 1.82) is 0 Å². The largest absolute Gasteiger partial charge is 0.544 e. The van der Waals surface area contributed by atoms with Crippen LogP contribution in [-0.2, 0) is 4.79 Å². The number of hydrogen-bond donors (Lipinski definition) is 1. The standard InChI is InChI=1S/C5H9NO2S/c6-5(4(7)8)1-2-9-3-5/h1-3,6H2,(H,7,8)/t5-/m0/s1. The summed E-state index contributed by atoms with van der Waals surface area (Å²) in [5, 5.41) is 10.3. The van der Waals surface area contributed by atoms with Gasteiger partial charge in [0, 0.05) is 6.42 Å². The van der Waals surface area contributed by atoms with Gasteiger partial charge in [0.05, 0.1) is 5.75 Å². The van der Waals surface area contributed by atoms with Gasteiger partial charge < -0.3 is 15.6 Å². The van der Waals surface area contributed by atoms with Crippen molar-refractivity contribution < 1.29 is 15.6 Å². The van der Waals surface area contributed by atoms with E-state index in [4.69, 9.17) is 0 Å². The van der Waals surface area contributed by atoms with Gasteiger partial charge in [0.25, 0.3) is 0 Å². The maximum atomic E-state index is 10.3. The topological polar surface area (TPSA) is 67.8 Å². The molecule has 0 unspecified atom stereocenters. The third-order valence-corrected chi connectivity index (χ3v) is 2.79. The van der Waals surface area contributed by atoms with E-state index in [9.17, 15) is 9.90 Å². The van der Waals surface area contributed by atoms with E-state index in [2.05, 4.69) is 5.73 Å². The predicted molar refractivity (Wildman–Crippen MR) is 32.6 cm³/mol. The molecule has 3 nitrogen and oxygen atoms in total. The first-order valence-electron chi connectivity index (χ1n) is 2.80. The Morgan fingerprint density at radius 3 is 2.67 bits per heavy atom. The average molecular weight is 147 g/mol. The van der Waals surface area contributed by atoms with E-state index in [1.165, 1.54) is 0 Å². The van der Waals surface area contributed by atoms with Crippen molar-refractivity contribution >= 4 is 17.7 Å². The fourth-order valence-electron chi connectivity index (χ4n) is 0.768. The number of aliphatic carboxylic acids is 1. The van der Waals surface area contributed by atoms with Crippen molar-refractivity contribution in [3.8, 4) is 0 Å². The highest BCUT2D eigenvalue weighted by molar-refractivity contribution is 7.99. The number of carboxylic acid groups (broad SMARTS) is 1. The molecule has 1 rings (SSSR count). The van der Waals surface area contributed by atoms with Crippen molar-refractivity contribution in [2.75, 3.05) is 11.5 Å². The molecular formula is C5H9NO2S. The van der Waals surface area contributed by atoms with Crippen molar-refractivity contribution in [2.45, 2.75) is 12.0 Å². The number of carboxylic acids is 1. The molecule has 0 radical (unpaired) electrons. The summed E-state index contributed by atoms with van der Waals surface area (Å²) in [7, 11) is 0. The van der Waals surface area contributed by atoms with E-state index in [-0.39, 0.29) is 0 Å². The Labute approximate surface area is 57.6 Å². The zero-order valence-electron chi connectivity index (χ0n) is 5.05. The molecule has 1 aliphatic rings. The van der Waals surface area contributed by atoms with E-state index in [0.29, 0.717) is 12.2 Å². The first kappa shape index (κ1) is 6.89. The van der Waals surface area contributed by atoms with Gasteiger partial charge in [-0.05, 0) is 5.75 Å². The molecule has 0 aliphatic carbocycles. The maximum Gasteiger partial charge on any atom is 0.144 e. The summed E-state index contributed by atoms with van der Waals surface area (Å²) in [6, 6.07) is 0. The third-order valence-electron chi connectivity index (χ3n) is 1.54.